The number of carbonyl (C=O) groups is 3. The Labute approximate surface area is 74.3 Å². The van der Waals surface area contributed by atoms with Gasteiger partial charge >= 0.3 is 17.9 Å². The quantitative estimate of drug-likeness (QED) is 0.387. The average molecular weight is 184 g/mol. The van der Waals surface area contributed by atoms with Gasteiger partial charge in [0.2, 0.25) is 0 Å². The number of aliphatic carboxylic acids is 1. The van der Waals surface area contributed by atoms with Crippen LogP contribution in [-0.4, -0.2) is 23.0 Å². The summed E-state index contributed by atoms with van der Waals surface area (Å²) in [7, 11) is 0. The largest absolute Gasteiger partial charge is 0.478 e. The third-order valence-electron chi connectivity index (χ3n) is 0.904. The summed E-state index contributed by atoms with van der Waals surface area (Å²) in [6, 6.07) is 0. The number of esters is 2. The lowest BCUT2D eigenvalue weighted by molar-refractivity contribution is -0.153. The molecule has 0 amide bonds. The first kappa shape index (κ1) is 11.1. The Bertz CT molecular complexity index is 287. The van der Waals surface area contributed by atoms with Crippen molar-refractivity contribution >= 4 is 17.9 Å². The molecule has 0 aliphatic carbocycles. The van der Waals surface area contributed by atoms with Gasteiger partial charge in [0.25, 0.3) is 0 Å². The molecular weight excluding hydrogens is 176 g/mol. The summed E-state index contributed by atoms with van der Waals surface area (Å²) >= 11 is 0. The average Bonchev–Trinajstić information content (AvgIpc) is 2.00. The lowest BCUT2D eigenvalue weighted by Gasteiger charge is -1.96. The van der Waals surface area contributed by atoms with E-state index in [-0.39, 0.29) is 5.57 Å². The standard InChI is InChI=1S/C8H8O5/c1-5(2)8(12)13-7(11)4-3-6(9)10/h3-4H,1H2,2H3,(H,9,10)/b4-3-. The van der Waals surface area contributed by atoms with Crippen LogP contribution in [0.25, 0.3) is 0 Å². The van der Waals surface area contributed by atoms with Gasteiger partial charge in [0.05, 0.1) is 0 Å². The highest BCUT2D eigenvalue weighted by atomic mass is 16.6. The van der Waals surface area contributed by atoms with Gasteiger partial charge in [0.15, 0.2) is 0 Å². The van der Waals surface area contributed by atoms with Crippen LogP contribution >= 0.6 is 0 Å². The number of hydrogen-bond donors (Lipinski definition) is 1. The Kier molecular flexibility index (Phi) is 4.15. The van der Waals surface area contributed by atoms with Gasteiger partial charge in [-0.2, -0.15) is 0 Å². The molecule has 0 aliphatic rings. The van der Waals surface area contributed by atoms with E-state index in [1.54, 1.807) is 0 Å². The molecule has 0 rings (SSSR count). The Balaban J connectivity index is 4.10. The Morgan fingerprint density at radius 2 is 1.85 bits per heavy atom. The van der Waals surface area contributed by atoms with E-state index >= 15 is 0 Å². The Morgan fingerprint density at radius 1 is 1.31 bits per heavy atom. The predicted molar refractivity (Wildman–Crippen MR) is 42.7 cm³/mol. The topological polar surface area (TPSA) is 80.7 Å². The second kappa shape index (κ2) is 4.87. The minimum absolute atomic E-state index is 0.0667. The van der Waals surface area contributed by atoms with E-state index in [9.17, 15) is 14.4 Å². The van der Waals surface area contributed by atoms with Gasteiger partial charge in [0.1, 0.15) is 0 Å². The molecule has 5 nitrogen and oxygen atoms in total. The highest BCUT2D eigenvalue weighted by Gasteiger charge is 2.07. The molecule has 0 radical (unpaired) electrons. The monoisotopic (exact) mass is 184 g/mol. The van der Waals surface area contributed by atoms with E-state index in [0.29, 0.717) is 12.2 Å². The summed E-state index contributed by atoms with van der Waals surface area (Å²) in [5.74, 6) is -3.20. The number of carboxylic acid groups (broad SMARTS) is 1. The molecule has 0 aromatic carbocycles. The van der Waals surface area contributed by atoms with Crippen LogP contribution in [0.3, 0.4) is 0 Å². The van der Waals surface area contributed by atoms with Crippen molar-refractivity contribution in [2.75, 3.05) is 0 Å². The second-order valence-corrected chi connectivity index (χ2v) is 2.16. The molecule has 0 aromatic heterocycles. The molecule has 0 heterocycles. The Hall–Kier alpha value is -1.91. The third kappa shape index (κ3) is 5.37. The van der Waals surface area contributed by atoms with Crippen molar-refractivity contribution in [3.63, 3.8) is 0 Å². The number of rotatable bonds is 3. The number of carboxylic acids is 1. The molecule has 1 N–H and O–H groups in total. The first-order valence-electron chi connectivity index (χ1n) is 3.26. The molecule has 0 fully saturated rings. The maximum atomic E-state index is 10.7. The molecule has 13 heavy (non-hydrogen) atoms. The zero-order valence-corrected chi connectivity index (χ0v) is 6.94. The number of ether oxygens (including phenoxy) is 1. The van der Waals surface area contributed by atoms with Crippen LogP contribution in [0.5, 0.6) is 0 Å². The summed E-state index contributed by atoms with van der Waals surface area (Å²) in [6.07, 6.45) is 1.22. The van der Waals surface area contributed by atoms with Crippen LogP contribution in [-0.2, 0) is 19.1 Å². The summed E-state index contributed by atoms with van der Waals surface area (Å²) in [5.41, 5.74) is 0.0667. The summed E-state index contributed by atoms with van der Waals surface area (Å²) in [4.78, 5) is 31.2. The predicted octanol–water partition coefficient (Wildman–Crippen LogP) is 0.273. The van der Waals surface area contributed by atoms with E-state index in [2.05, 4.69) is 11.3 Å². The highest BCUT2D eigenvalue weighted by Crippen LogP contribution is 1.93. The van der Waals surface area contributed by atoms with E-state index in [4.69, 9.17) is 5.11 Å². The molecule has 0 aromatic rings. The van der Waals surface area contributed by atoms with Crippen LogP contribution in [0.4, 0.5) is 0 Å². The first-order chi connectivity index (χ1) is 5.93. The maximum absolute atomic E-state index is 10.7. The fourth-order valence-electron chi connectivity index (χ4n) is 0.352. The molecule has 0 unspecified atom stereocenters. The second-order valence-electron chi connectivity index (χ2n) is 2.16. The molecule has 0 atom stereocenters. The van der Waals surface area contributed by atoms with E-state index in [1.807, 2.05) is 0 Å². The summed E-state index contributed by atoms with van der Waals surface area (Å²) < 4.78 is 4.13. The first-order valence-corrected chi connectivity index (χ1v) is 3.26. The van der Waals surface area contributed by atoms with Crippen molar-refractivity contribution in [3.8, 4) is 0 Å². The van der Waals surface area contributed by atoms with Crippen molar-refractivity contribution in [1.82, 2.24) is 0 Å². The summed E-state index contributed by atoms with van der Waals surface area (Å²) in [5, 5.41) is 8.11. The lowest BCUT2D eigenvalue weighted by Crippen LogP contribution is -2.10. The third-order valence-corrected chi connectivity index (χ3v) is 0.904. The minimum atomic E-state index is -1.29. The fraction of sp³-hybridized carbons (Fsp3) is 0.125. The zero-order valence-electron chi connectivity index (χ0n) is 6.94. The van der Waals surface area contributed by atoms with Crippen molar-refractivity contribution in [2.24, 2.45) is 0 Å². The van der Waals surface area contributed by atoms with E-state index < -0.39 is 17.9 Å². The Morgan fingerprint density at radius 3 is 2.23 bits per heavy atom. The van der Waals surface area contributed by atoms with Gasteiger partial charge in [-0.1, -0.05) is 6.58 Å². The van der Waals surface area contributed by atoms with Crippen LogP contribution in [0.15, 0.2) is 24.3 Å². The molecule has 0 saturated heterocycles. The molecule has 0 saturated carbocycles. The lowest BCUT2D eigenvalue weighted by atomic mass is 10.4. The van der Waals surface area contributed by atoms with E-state index in [1.165, 1.54) is 6.92 Å². The van der Waals surface area contributed by atoms with Gasteiger partial charge in [-0.3, -0.25) is 0 Å². The van der Waals surface area contributed by atoms with Crippen molar-refractivity contribution in [1.29, 1.82) is 0 Å². The highest BCUT2D eigenvalue weighted by molar-refractivity contribution is 6.00. The van der Waals surface area contributed by atoms with Gasteiger partial charge < -0.3 is 9.84 Å². The van der Waals surface area contributed by atoms with Crippen molar-refractivity contribution in [3.05, 3.63) is 24.3 Å². The van der Waals surface area contributed by atoms with Crippen LogP contribution in [0.1, 0.15) is 6.92 Å². The van der Waals surface area contributed by atoms with E-state index in [0.717, 1.165) is 0 Å². The van der Waals surface area contributed by atoms with Crippen LogP contribution in [0.2, 0.25) is 0 Å². The molecule has 0 spiro atoms. The minimum Gasteiger partial charge on any atom is -0.478 e. The van der Waals surface area contributed by atoms with Gasteiger partial charge in [0, 0.05) is 17.7 Å². The fourth-order valence-corrected chi connectivity index (χ4v) is 0.352. The van der Waals surface area contributed by atoms with Crippen LogP contribution < -0.4 is 0 Å². The van der Waals surface area contributed by atoms with Crippen molar-refractivity contribution < 1.29 is 24.2 Å². The SMILES string of the molecule is C=C(C)C(=O)OC(=O)/C=C\C(=O)O. The molecule has 5 heteroatoms. The molecular formula is C8H8O5. The van der Waals surface area contributed by atoms with Gasteiger partial charge in [-0.15, -0.1) is 0 Å². The normalized spacial score (nSPS) is 9.62. The zero-order chi connectivity index (χ0) is 10.4. The summed E-state index contributed by atoms with van der Waals surface area (Å²) in [6.45, 7) is 4.61. The van der Waals surface area contributed by atoms with Crippen LogP contribution in [0, 0.1) is 0 Å². The number of hydrogen-bond acceptors (Lipinski definition) is 4. The molecule has 0 bridgehead atoms. The smallest absolute Gasteiger partial charge is 0.340 e. The molecule has 70 valence electrons. The van der Waals surface area contributed by atoms with Crippen molar-refractivity contribution in [2.45, 2.75) is 6.92 Å². The molecule has 0 aliphatic heterocycles. The maximum Gasteiger partial charge on any atom is 0.340 e. The number of carbonyl (C=O) groups excluding carboxylic acids is 2. The van der Waals surface area contributed by atoms with Gasteiger partial charge in [-0.25, -0.2) is 14.4 Å². The van der Waals surface area contributed by atoms with Gasteiger partial charge in [-0.05, 0) is 6.92 Å².